The van der Waals surface area contributed by atoms with Gasteiger partial charge in [-0.3, -0.25) is 4.79 Å². The van der Waals surface area contributed by atoms with Crippen molar-refractivity contribution >= 4 is 11.9 Å². The van der Waals surface area contributed by atoms with Crippen LogP contribution in [0.1, 0.15) is 32.3 Å². The van der Waals surface area contributed by atoms with Crippen molar-refractivity contribution in [2.24, 2.45) is 5.92 Å². The van der Waals surface area contributed by atoms with Crippen molar-refractivity contribution in [1.82, 2.24) is 5.32 Å². The van der Waals surface area contributed by atoms with Crippen molar-refractivity contribution in [3.8, 4) is 5.75 Å². The molecule has 0 saturated heterocycles. The lowest BCUT2D eigenvalue weighted by Crippen LogP contribution is -2.41. The number of carbonyl (C=O) groups is 2. The molecule has 0 saturated carbocycles. The first-order chi connectivity index (χ1) is 9.93. The maximum atomic E-state index is 11.9. The average Bonchev–Trinajstić information content (AvgIpc) is 2.44. The standard InChI is InChI=1S/C16H23NO4/c1-11(2)10-13(16(19)20)17-15(18)9-8-12-6-4-5-7-14(12)21-3/h4-7,11,13H,8-10H2,1-3H3,(H,17,18)(H,19,20). The Hall–Kier alpha value is -2.04. The van der Waals surface area contributed by atoms with Gasteiger partial charge in [-0.15, -0.1) is 0 Å². The van der Waals surface area contributed by atoms with E-state index < -0.39 is 12.0 Å². The molecule has 1 rings (SSSR count). The van der Waals surface area contributed by atoms with E-state index in [1.807, 2.05) is 38.1 Å². The molecular weight excluding hydrogens is 270 g/mol. The minimum atomic E-state index is -0.991. The number of amides is 1. The van der Waals surface area contributed by atoms with Crippen LogP contribution < -0.4 is 10.1 Å². The maximum Gasteiger partial charge on any atom is 0.326 e. The Labute approximate surface area is 125 Å². The van der Waals surface area contributed by atoms with Crippen molar-refractivity contribution < 1.29 is 19.4 Å². The number of rotatable bonds is 8. The molecule has 0 radical (unpaired) electrons. The molecule has 0 aliphatic carbocycles. The van der Waals surface area contributed by atoms with Gasteiger partial charge < -0.3 is 15.2 Å². The highest BCUT2D eigenvalue weighted by Gasteiger charge is 2.20. The first-order valence-corrected chi connectivity index (χ1v) is 7.08. The van der Waals surface area contributed by atoms with Crippen molar-refractivity contribution in [2.75, 3.05) is 7.11 Å². The second kappa shape index (κ2) is 8.29. The average molecular weight is 293 g/mol. The second-order valence-electron chi connectivity index (χ2n) is 5.40. The predicted octanol–water partition coefficient (Wildman–Crippen LogP) is 2.24. The number of carboxylic acid groups (broad SMARTS) is 1. The van der Waals surface area contributed by atoms with Crippen molar-refractivity contribution in [3.63, 3.8) is 0 Å². The molecule has 5 heteroatoms. The first-order valence-electron chi connectivity index (χ1n) is 7.08. The van der Waals surface area contributed by atoms with E-state index in [9.17, 15) is 9.59 Å². The summed E-state index contributed by atoms with van der Waals surface area (Å²) in [6.07, 6.45) is 1.18. The fraction of sp³-hybridized carbons (Fsp3) is 0.500. The molecule has 0 fully saturated rings. The summed E-state index contributed by atoms with van der Waals surface area (Å²) in [6, 6.07) is 6.66. The number of nitrogens with one attached hydrogen (secondary N) is 1. The molecule has 2 N–H and O–H groups in total. The van der Waals surface area contributed by atoms with Crippen LogP contribution in [0.15, 0.2) is 24.3 Å². The van der Waals surface area contributed by atoms with Crippen molar-refractivity contribution in [2.45, 2.75) is 39.2 Å². The first kappa shape index (κ1) is 17.0. The smallest absolute Gasteiger partial charge is 0.326 e. The number of carbonyl (C=O) groups excluding carboxylic acids is 1. The van der Waals surface area contributed by atoms with Crippen LogP contribution in [0.5, 0.6) is 5.75 Å². The number of methoxy groups -OCH3 is 1. The summed E-state index contributed by atoms with van der Waals surface area (Å²) in [6.45, 7) is 3.86. The summed E-state index contributed by atoms with van der Waals surface area (Å²) in [7, 11) is 1.59. The van der Waals surface area contributed by atoms with Crippen LogP contribution in [0.3, 0.4) is 0 Å². The molecule has 1 aromatic carbocycles. The quantitative estimate of drug-likeness (QED) is 0.770. The van der Waals surface area contributed by atoms with Gasteiger partial charge in [-0.25, -0.2) is 4.79 Å². The van der Waals surface area contributed by atoms with E-state index >= 15 is 0 Å². The molecule has 0 heterocycles. The Balaban J connectivity index is 2.54. The highest BCUT2D eigenvalue weighted by molar-refractivity contribution is 5.83. The summed E-state index contributed by atoms with van der Waals surface area (Å²) < 4.78 is 5.22. The minimum Gasteiger partial charge on any atom is -0.496 e. The fourth-order valence-electron chi connectivity index (χ4n) is 2.12. The molecule has 5 nitrogen and oxygen atoms in total. The molecule has 116 valence electrons. The third kappa shape index (κ3) is 5.85. The Kier molecular flexibility index (Phi) is 6.72. The molecule has 0 bridgehead atoms. The zero-order valence-electron chi connectivity index (χ0n) is 12.8. The van der Waals surface area contributed by atoms with Gasteiger partial charge in [-0.05, 0) is 30.4 Å². The summed E-state index contributed by atoms with van der Waals surface area (Å²) >= 11 is 0. The van der Waals surface area contributed by atoms with E-state index in [0.29, 0.717) is 12.8 Å². The van der Waals surface area contributed by atoms with Crippen LogP contribution >= 0.6 is 0 Å². The summed E-state index contributed by atoms with van der Waals surface area (Å²) in [4.78, 5) is 23.0. The number of para-hydroxylation sites is 1. The Morgan fingerprint density at radius 1 is 1.29 bits per heavy atom. The SMILES string of the molecule is COc1ccccc1CCC(=O)NC(CC(C)C)C(=O)O. The van der Waals surface area contributed by atoms with Crippen LogP contribution in [-0.2, 0) is 16.0 Å². The molecular formula is C16H23NO4. The van der Waals surface area contributed by atoms with Crippen LogP contribution in [0, 0.1) is 5.92 Å². The number of carboxylic acids is 1. The van der Waals surface area contributed by atoms with Crippen molar-refractivity contribution in [1.29, 1.82) is 0 Å². The second-order valence-corrected chi connectivity index (χ2v) is 5.40. The number of hydrogen-bond donors (Lipinski definition) is 2. The largest absolute Gasteiger partial charge is 0.496 e. The van der Waals surface area contributed by atoms with Crippen molar-refractivity contribution in [3.05, 3.63) is 29.8 Å². The molecule has 1 amide bonds. The predicted molar refractivity (Wildman–Crippen MR) is 80.3 cm³/mol. The van der Waals surface area contributed by atoms with Crippen LogP contribution in [0.4, 0.5) is 0 Å². The number of benzene rings is 1. The topological polar surface area (TPSA) is 75.6 Å². The maximum absolute atomic E-state index is 11.9. The van der Waals surface area contributed by atoms with Gasteiger partial charge in [0.05, 0.1) is 7.11 Å². The lowest BCUT2D eigenvalue weighted by Gasteiger charge is -2.16. The number of hydrogen-bond acceptors (Lipinski definition) is 3. The van der Waals surface area contributed by atoms with Crippen LogP contribution in [0.25, 0.3) is 0 Å². The molecule has 0 aromatic heterocycles. The number of aliphatic carboxylic acids is 1. The zero-order valence-corrected chi connectivity index (χ0v) is 12.8. The zero-order chi connectivity index (χ0) is 15.8. The monoisotopic (exact) mass is 293 g/mol. The summed E-state index contributed by atoms with van der Waals surface area (Å²) in [5.74, 6) is -0.300. The highest BCUT2D eigenvalue weighted by Crippen LogP contribution is 2.18. The van der Waals surface area contributed by atoms with E-state index in [1.54, 1.807) is 7.11 Å². The summed E-state index contributed by atoms with van der Waals surface area (Å²) in [5, 5.41) is 11.7. The van der Waals surface area contributed by atoms with Gasteiger partial charge in [-0.2, -0.15) is 0 Å². The third-order valence-corrected chi connectivity index (χ3v) is 3.15. The molecule has 0 spiro atoms. The molecule has 1 atom stereocenters. The number of ether oxygens (including phenoxy) is 1. The Bertz CT molecular complexity index is 485. The molecule has 0 aliphatic rings. The number of aryl methyl sites for hydroxylation is 1. The van der Waals surface area contributed by atoms with E-state index in [1.165, 1.54) is 0 Å². The third-order valence-electron chi connectivity index (χ3n) is 3.15. The van der Waals surface area contributed by atoms with E-state index in [4.69, 9.17) is 9.84 Å². The van der Waals surface area contributed by atoms with E-state index in [-0.39, 0.29) is 18.2 Å². The highest BCUT2D eigenvalue weighted by atomic mass is 16.5. The van der Waals surface area contributed by atoms with Gasteiger partial charge in [-0.1, -0.05) is 32.0 Å². The van der Waals surface area contributed by atoms with Gasteiger partial charge in [0.2, 0.25) is 5.91 Å². The van der Waals surface area contributed by atoms with E-state index in [2.05, 4.69) is 5.32 Å². The normalized spacial score (nSPS) is 12.0. The van der Waals surface area contributed by atoms with Gasteiger partial charge in [0.1, 0.15) is 11.8 Å². The molecule has 1 unspecified atom stereocenters. The molecule has 21 heavy (non-hydrogen) atoms. The Morgan fingerprint density at radius 3 is 2.52 bits per heavy atom. The van der Waals surface area contributed by atoms with Crippen LogP contribution in [-0.4, -0.2) is 30.1 Å². The lowest BCUT2D eigenvalue weighted by atomic mass is 10.0. The molecule has 1 aromatic rings. The fourth-order valence-corrected chi connectivity index (χ4v) is 2.12. The molecule has 0 aliphatic heterocycles. The summed E-state index contributed by atoms with van der Waals surface area (Å²) in [5.41, 5.74) is 0.936. The van der Waals surface area contributed by atoms with E-state index in [0.717, 1.165) is 11.3 Å². The Morgan fingerprint density at radius 2 is 1.95 bits per heavy atom. The minimum absolute atomic E-state index is 0.209. The van der Waals surface area contributed by atoms with Gasteiger partial charge in [0.25, 0.3) is 0 Å². The lowest BCUT2D eigenvalue weighted by molar-refractivity contribution is -0.142. The van der Waals surface area contributed by atoms with Gasteiger partial charge >= 0.3 is 5.97 Å². The van der Waals surface area contributed by atoms with Gasteiger partial charge in [0, 0.05) is 6.42 Å². The van der Waals surface area contributed by atoms with Crippen LogP contribution in [0.2, 0.25) is 0 Å². The van der Waals surface area contributed by atoms with Gasteiger partial charge in [0.15, 0.2) is 0 Å².